The lowest BCUT2D eigenvalue weighted by Crippen LogP contribution is -2.61. The largest absolute Gasteiger partial charge is 0.481 e. The Hall–Kier alpha value is -3.35. The summed E-state index contributed by atoms with van der Waals surface area (Å²) in [7, 11) is 0. The Kier molecular flexibility index (Phi) is 6.50. The molecular formula is C28H32N2O5. The molecule has 35 heavy (non-hydrogen) atoms. The second-order valence-electron chi connectivity index (χ2n) is 10.0. The quantitative estimate of drug-likeness (QED) is 0.565. The van der Waals surface area contributed by atoms with Gasteiger partial charge < -0.3 is 20.5 Å². The summed E-state index contributed by atoms with van der Waals surface area (Å²) in [4.78, 5) is 38.0. The molecule has 3 aliphatic carbocycles. The molecule has 0 spiro atoms. The average Bonchev–Trinajstić information content (AvgIpc) is 3.46. The Morgan fingerprint density at radius 3 is 2.14 bits per heavy atom. The Bertz CT molecular complexity index is 1080. The van der Waals surface area contributed by atoms with Crippen LogP contribution in [0.2, 0.25) is 0 Å². The molecule has 0 unspecified atom stereocenters. The standard InChI is InChI=1S/C28H32N2O5/c31-25(32)22-13-8-14-24(22)29-26(33)28(15-6-1-7-16-28)30-27(34)35-17-23-20-11-4-2-9-18(20)19-10-3-5-12-21(19)23/h2-5,9-12,22-24H,1,6-8,13-17H2,(H,29,33)(H,30,34)(H,31,32)/t22-,24+/m1/s1. The van der Waals surface area contributed by atoms with Crippen LogP contribution in [0.15, 0.2) is 48.5 Å². The highest BCUT2D eigenvalue weighted by Crippen LogP contribution is 2.44. The van der Waals surface area contributed by atoms with E-state index in [1.165, 1.54) is 0 Å². The highest BCUT2D eigenvalue weighted by atomic mass is 16.5. The summed E-state index contributed by atoms with van der Waals surface area (Å²) < 4.78 is 5.72. The van der Waals surface area contributed by atoms with Crippen LogP contribution in [0.5, 0.6) is 0 Å². The third-order valence-electron chi connectivity index (χ3n) is 7.98. The van der Waals surface area contributed by atoms with Crippen LogP contribution in [0.4, 0.5) is 4.79 Å². The van der Waals surface area contributed by atoms with Gasteiger partial charge in [-0.05, 0) is 47.9 Å². The van der Waals surface area contributed by atoms with E-state index in [1.54, 1.807) is 0 Å². The van der Waals surface area contributed by atoms with Crippen LogP contribution in [0, 0.1) is 5.92 Å². The average molecular weight is 477 g/mol. The second kappa shape index (κ2) is 9.72. The van der Waals surface area contributed by atoms with E-state index in [4.69, 9.17) is 4.74 Å². The molecule has 7 heteroatoms. The summed E-state index contributed by atoms with van der Waals surface area (Å²) in [6.45, 7) is 0.182. The lowest BCUT2D eigenvalue weighted by Gasteiger charge is -2.37. The molecule has 3 N–H and O–H groups in total. The number of fused-ring (bicyclic) bond motifs is 3. The van der Waals surface area contributed by atoms with Crippen molar-refractivity contribution >= 4 is 18.0 Å². The minimum absolute atomic E-state index is 0.0564. The van der Waals surface area contributed by atoms with Crippen molar-refractivity contribution in [3.05, 3.63) is 59.7 Å². The van der Waals surface area contributed by atoms with Crippen LogP contribution >= 0.6 is 0 Å². The molecule has 0 radical (unpaired) electrons. The lowest BCUT2D eigenvalue weighted by atomic mass is 9.80. The molecule has 0 aromatic heterocycles. The first-order valence-electron chi connectivity index (χ1n) is 12.7. The van der Waals surface area contributed by atoms with Crippen molar-refractivity contribution < 1.29 is 24.2 Å². The van der Waals surface area contributed by atoms with E-state index >= 15 is 0 Å². The number of hydrogen-bond acceptors (Lipinski definition) is 4. The number of aliphatic carboxylic acids is 1. The van der Waals surface area contributed by atoms with Gasteiger partial charge in [-0.1, -0.05) is 74.2 Å². The van der Waals surface area contributed by atoms with Gasteiger partial charge in [0.25, 0.3) is 0 Å². The summed E-state index contributed by atoms with van der Waals surface area (Å²) >= 11 is 0. The molecule has 2 aromatic carbocycles. The van der Waals surface area contributed by atoms with Crippen molar-refractivity contribution in [3.63, 3.8) is 0 Å². The first-order chi connectivity index (χ1) is 17.0. The Balaban J connectivity index is 1.28. The minimum Gasteiger partial charge on any atom is -0.481 e. The van der Waals surface area contributed by atoms with Gasteiger partial charge in [-0.25, -0.2) is 4.79 Å². The summed E-state index contributed by atoms with van der Waals surface area (Å²) in [6, 6.07) is 15.9. The fraction of sp³-hybridized carbons (Fsp3) is 0.464. The number of carbonyl (C=O) groups excluding carboxylic acids is 2. The summed E-state index contributed by atoms with van der Waals surface area (Å²) in [5, 5.41) is 15.3. The molecule has 2 atom stereocenters. The number of ether oxygens (including phenoxy) is 1. The predicted octanol–water partition coefficient (Wildman–Crippen LogP) is 4.60. The molecule has 5 rings (SSSR count). The fourth-order valence-electron chi connectivity index (χ4n) is 6.13. The first kappa shape index (κ1) is 23.4. The third-order valence-corrected chi connectivity index (χ3v) is 7.98. The number of carbonyl (C=O) groups is 3. The van der Waals surface area contributed by atoms with E-state index in [1.807, 2.05) is 24.3 Å². The van der Waals surface area contributed by atoms with Crippen molar-refractivity contribution in [1.82, 2.24) is 10.6 Å². The SMILES string of the molecule is O=C(NC1(C(=O)N[C@H]2CCC[C@H]2C(=O)O)CCCCC1)OCC1c2ccccc2-c2ccccc21. The number of nitrogens with one attached hydrogen (secondary N) is 2. The van der Waals surface area contributed by atoms with Gasteiger partial charge in [0, 0.05) is 12.0 Å². The van der Waals surface area contributed by atoms with Gasteiger partial charge in [0.05, 0.1) is 5.92 Å². The maximum absolute atomic E-state index is 13.4. The molecule has 2 fully saturated rings. The van der Waals surface area contributed by atoms with Gasteiger partial charge in [-0.15, -0.1) is 0 Å². The minimum atomic E-state index is -1.06. The molecule has 7 nitrogen and oxygen atoms in total. The second-order valence-corrected chi connectivity index (χ2v) is 10.0. The number of carboxylic acid groups (broad SMARTS) is 1. The summed E-state index contributed by atoms with van der Waals surface area (Å²) in [5.74, 6) is -1.80. The van der Waals surface area contributed by atoms with Crippen molar-refractivity contribution in [1.29, 1.82) is 0 Å². The van der Waals surface area contributed by atoms with Crippen molar-refractivity contribution in [2.75, 3.05) is 6.61 Å². The Labute approximate surface area is 205 Å². The molecular weight excluding hydrogens is 444 g/mol. The van der Waals surface area contributed by atoms with Crippen molar-refractivity contribution in [2.45, 2.75) is 68.9 Å². The van der Waals surface area contributed by atoms with Gasteiger partial charge >= 0.3 is 12.1 Å². The highest BCUT2D eigenvalue weighted by molar-refractivity contribution is 5.91. The first-order valence-corrected chi connectivity index (χ1v) is 12.7. The zero-order chi connectivity index (χ0) is 24.4. The van der Waals surface area contributed by atoms with Gasteiger partial charge in [0.1, 0.15) is 12.1 Å². The normalized spacial score (nSPS) is 22.6. The van der Waals surface area contributed by atoms with Gasteiger partial charge in [-0.2, -0.15) is 0 Å². The van der Waals surface area contributed by atoms with Crippen LogP contribution in [0.25, 0.3) is 11.1 Å². The topological polar surface area (TPSA) is 105 Å². The molecule has 2 aromatic rings. The zero-order valence-electron chi connectivity index (χ0n) is 19.8. The maximum Gasteiger partial charge on any atom is 0.408 e. The fourth-order valence-corrected chi connectivity index (χ4v) is 6.13. The number of benzene rings is 2. The smallest absolute Gasteiger partial charge is 0.408 e. The van der Waals surface area contributed by atoms with Crippen LogP contribution < -0.4 is 10.6 Å². The van der Waals surface area contributed by atoms with Crippen LogP contribution in [-0.2, 0) is 14.3 Å². The van der Waals surface area contributed by atoms with E-state index in [0.29, 0.717) is 25.7 Å². The number of alkyl carbamates (subject to hydrolysis) is 1. The Morgan fingerprint density at radius 2 is 1.51 bits per heavy atom. The number of hydrogen-bond donors (Lipinski definition) is 3. The molecule has 3 aliphatic rings. The molecule has 0 bridgehead atoms. The maximum atomic E-state index is 13.4. The lowest BCUT2D eigenvalue weighted by molar-refractivity contribution is -0.142. The highest BCUT2D eigenvalue weighted by Gasteiger charge is 2.44. The number of rotatable bonds is 6. The summed E-state index contributed by atoms with van der Waals surface area (Å²) in [5.41, 5.74) is 3.52. The molecule has 0 saturated heterocycles. The third kappa shape index (κ3) is 4.51. The Morgan fingerprint density at radius 1 is 0.886 bits per heavy atom. The van der Waals surface area contributed by atoms with Crippen molar-refractivity contribution in [3.8, 4) is 11.1 Å². The van der Waals surface area contributed by atoms with E-state index in [2.05, 4.69) is 34.9 Å². The molecule has 184 valence electrons. The predicted molar refractivity (Wildman–Crippen MR) is 131 cm³/mol. The number of carboxylic acids is 1. The van der Waals surface area contributed by atoms with E-state index in [-0.39, 0.29) is 18.4 Å². The molecule has 2 amide bonds. The van der Waals surface area contributed by atoms with Crippen LogP contribution in [0.3, 0.4) is 0 Å². The summed E-state index contributed by atoms with van der Waals surface area (Å²) in [6.07, 6.45) is 5.06. The molecule has 0 heterocycles. The van der Waals surface area contributed by atoms with E-state index in [0.717, 1.165) is 47.9 Å². The van der Waals surface area contributed by atoms with E-state index in [9.17, 15) is 19.5 Å². The van der Waals surface area contributed by atoms with Crippen molar-refractivity contribution in [2.24, 2.45) is 5.92 Å². The number of amides is 2. The molecule has 0 aliphatic heterocycles. The van der Waals surface area contributed by atoms with Gasteiger partial charge in [-0.3, -0.25) is 9.59 Å². The van der Waals surface area contributed by atoms with Crippen LogP contribution in [-0.4, -0.2) is 41.3 Å². The van der Waals surface area contributed by atoms with Gasteiger partial charge in [0.15, 0.2) is 0 Å². The molecule has 2 saturated carbocycles. The monoisotopic (exact) mass is 476 g/mol. The van der Waals surface area contributed by atoms with Crippen LogP contribution in [0.1, 0.15) is 68.4 Å². The van der Waals surface area contributed by atoms with E-state index < -0.39 is 29.6 Å². The zero-order valence-corrected chi connectivity index (χ0v) is 19.8. The van der Waals surface area contributed by atoms with Gasteiger partial charge in [0.2, 0.25) is 5.91 Å².